The Balaban J connectivity index is 2.80. The minimum absolute atomic E-state index is 0.0454. The van der Waals surface area contributed by atoms with Crippen molar-refractivity contribution in [3.8, 4) is 6.07 Å². The van der Waals surface area contributed by atoms with E-state index in [4.69, 9.17) is 20.4 Å². The molecule has 1 N–H and O–H groups in total. The zero-order valence-electron chi connectivity index (χ0n) is 16.0. The Labute approximate surface area is 143 Å². The first-order valence-corrected chi connectivity index (χ1v) is 9.44. The Hall–Kier alpha value is -0.280. The van der Waals surface area contributed by atoms with Gasteiger partial charge in [-0.15, -0.1) is 0 Å². The molecule has 6 nitrogen and oxygen atoms in total. The molecule has 0 amide bonds. The molecule has 7 heteroatoms. The van der Waals surface area contributed by atoms with Gasteiger partial charge < -0.3 is 19.1 Å². The summed E-state index contributed by atoms with van der Waals surface area (Å²) in [6, 6.07) is 2.72. The van der Waals surface area contributed by atoms with E-state index in [1.807, 2.05) is 6.92 Å². The molecule has 134 valence electrons. The van der Waals surface area contributed by atoms with Gasteiger partial charge in [0.25, 0.3) is 8.53 Å². The van der Waals surface area contributed by atoms with Crippen LogP contribution in [0, 0.1) is 11.3 Å². The molecule has 0 spiro atoms. The van der Waals surface area contributed by atoms with Gasteiger partial charge >= 0.3 is 0 Å². The molecule has 0 aromatic heterocycles. The summed E-state index contributed by atoms with van der Waals surface area (Å²) in [6.45, 7) is 12.3. The number of nitrogens with zero attached hydrogens (tertiary/aromatic N) is 2. The number of nitriles is 1. The molecule has 0 saturated carbocycles. The van der Waals surface area contributed by atoms with Gasteiger partial charge in [-0.3, -0.25) is 0 Å². The third kappa shape index (κ3) is 6.26. The van der Waals surface area contributed by atoms with E-state index >= 15 is 0 Å². The molecule has 0 radical (unpaired) electrons. The Bertz CT molecular complexity index is 387. The van der Waals surface area contributed by atoms with Crippen LogP contribution in [0.15, 0.2) is 0 Å². The summed E-state index contributed by atoms with van der Waals surface area (Å²) in [7, 11) is -1.27. The molecule has 0 bridgehead atoms. The summed E-state index contributed by atoms with van der Waals surface area (Å²) >= 11 is 0. The van der Waals surface area contributed by atoms with Crippen LogP contribution in [0.1, 0.15) is 49.3 Å². The average molecular weight is 347 g/mol. The van der Waals surface area contributed by atoms with Crippen LogP contribution in [0.5, 0.6) is 0 Å². The molecule has 0 aromatic rings. The highest BCUT2D eigenvalue weighted by atomic mass is 31.2. The van der Waals surface area contributed by atoms with Crippen molar-refractivity contribution in [1.82, 2.24) is 9.99 Å². The second-order valence-electron chi connectivity index (χ2n) is 6.21. The zero-order valence-corrected chi connectivity index (χ0v) is 15.9. The van der Waals surface area contributed by atoms with Crippen molar-refractivity contribution >= 4 is 8.53 Å². The minimum Gasteiger partial charge on any atom is -0.374 e. The van der Waals surface area contributed by atoms with Gasteiger partial charge in [-0.25, -0.2) is 4.67 Å². The van der Waals surface area contributed by atoms with Crippen LogP contribution in [0.4, 0.5) is 0 Å². The normalized spacial score (nSPS) is 26.7. The van der Waals surface area contributed by atoms with E-state index in [0.29, 0.717) is 33.1 Å². The summed E-state index contributed by atoms with van der Waals surface area (Å²) < 4.78 is 27.6. The molecule has 1 heterocycles. The first-order chi connectivity index (χ1) is 11.4. The van der Waals surface area contributed by atoms with Crippen molar-refractivity contribution in [1.29, 1.82) is 5.26 Å². The summed E-state index contributed by atoms with van der Waals surface area (Å²) in [4.78, 5) is 0. The van der Waals surface area contributed by atoms with Crippen molar-refractivity contribution in [3.05, 3.63) is 0 Å². The zero-order chi connectivity index (χ0) is 18.1. The lowest BCUT2D eigenvalue weighted by Gasteiger charge is -2.37. The molecular weight excluding hydrogens is 313 g/mol. The Morgan fingerprint density at radius 2 is 2.13 bits per heavy atom. The highest BCUT2D eigenvalue weighted by Gasteiger charge is 2.39. The van der Waals surface area contributed by atoms with Crippen LogP contribution < -0.4 is 5.32 Å². The van der Waals surface area contributed by atoms with Crippen LogP contribution in [-0.4, -0.2) is 54.8 Å². The van der Waals surface area contributed by atoms with E-state index in [2.05, 4.69) is 43.8 Å². The lowest BCUT2D eigenvalue weighted by atomic mass is 10.1. The third-order valence-corrected chi connectivity index (χ3v) is 5.85. The number of nitrogens with one attached hydrogen (secondary N) is 1. The Morgan fingerprint density at radius 3 is 2.70 bits per heavy atom. The molecule has 1 aliphatic rings. The van der Waals surface area contributed by atoms with Gasteiger partial charge in [0.05, 0.1) is 37.8 Å². The lowest BCUT2D eigenvalue weighted by Crippen LogP contribution is -2.44. The van der Waals surface area contributed by atoms with Crippen LogP contribution >= 0.6 is 8.53 Å². The maximum Gasteiger partial charge on any atom is 0.259 e. The van der Waals surface area contributed by atoms with Gasteiger partial charge in [0.1, 0.15) is 6.10 Å². The van der Waals surface area contributed by atoms with Crippen LogP contribution in [0.2, 0.25) is 0 Å². The van der Waals surface area contributed by atoms with Crippen LogP contribution in [-0.2, 0) is 13.8 Å². The Morgan fingerprint density at radius 1 is 1.43 bits per heavy atom. The Kier molecular flexibility index (Phi) is 8.74. The van der Waals surface area contributed by atoms with Gasteiger partial charge in [-0.2, -0.15) is 5.26 Å². The van der Waals surface area contributed by atoms with Crippen LogP contribution in [0.25, 0.3) is 0 Å². The van der Waals surface area contributed by atoms with Crippen molar-refractivity contribution in [2.24, 2.45) is 0 Å². The molecule has 23 heavy (non-hydrogen) atoms. The number of hydrogen-bond acceptors (Lipinski definition) is 6. The fourth-order valence-electron chi connectivity index (χ4n) is 2.73. The van der Waals surface area contributed by atoms with Crippen molar-refractivity contribution < 1.29 is 15.2 Å². The summed E-state index contributed by atoms with van der Waals surface area (Å²) in [5.74, 6) is 0. The van der Waals surface area contributed by atoms with Crippen molar-refractivity contribution in [2.75, 3.05) is 19.8 Å². The molecular formula is C16H32N3O3P. The summed E-state index contributed by atoms with van der Waals surface area (Å²) in [5.41, 5.74) is 0. The van der Waals surface area contributed by atoms with Gasteiger partial charge in [0.2, 0.25) is 0 Å². The molecule has 1 saturated heterocycles. The van der Waals surface area contributed by atoms with E-state index in [1.165, 1.54) is 0 Å². The van der Waals surface area contributed by atoms with E-state index in [-0.39, 0.29) is 30.3 Å². The highest BCUT2D eigenvalue weighted by Crippen LogP contribution is 2.48. The topological polar surface area (TPSA) is 66.8 Å². The molecule has 0 aromatic carbocycles. The predicted octanol–water partition coefficient (Wildman–Crippen LogP) is 3.04. The molecule has 0 aliphatic carbocycles. The second-order valence-corrected chi connectivity index (χ2v) is 7.62. The number of rotatable bonds is 10. The highest BCUT2D eigenvalue weighted by molar-refractivity contribution is 7.44. The standard InChI is InChI=1S/C16H32N3O3P/c1-7-18-16-14(6)20-11-15(16)22-23(21-10-8-9-17)19(12(2)3)13(4)5/h12-16,18H,7-8,10-11H2,1-6H3/t14?,15-,16+,23?/m0/s1/i1T. The third-order valence-electron chi connectivity index (χ3n) is 3.70. The van der Waals surface area contributed by atoms with Crippen molar-refractivity contribution in [2.45, 2.75) is 78.3 Å². The number of hydrogen-bond donors (Lipinski definition) is 1. The first kappa shape index (κ1) is 19.1. The molecule has 1 fully saturated rings. The molecule has 1 rings (SSSR count). The van der Waals surface area contributed by atoms with Gasteiger partial charge in [0, 0.05) is 13.5 Å². The van der Waals surface area contributed by atoms with Crippen LogP contribution in [0.3, 0.4) is 0 Å². The lowest BCUT2D eigenvalue weighted by molar-refractivity contribution is 0.0920. The summed E-state index contributed by atoms with van der Waals surface area (Å²) in [6.07, 6.45) is 0.286. The van der Waals surface area contributed by atoms with E-state index < -0.39 is 8.53 Å². The number of ether oxygens (including phenoxy) is 1. The average Bonchev–Trinajstić information content (AvgIpc) is 2.84. The van der Waals surface area contributed by atoms with Gasteiger partial charge in [0.15, 0.2) is 0 Å². The van der Waals surface area contributed by atoms with Crippen molar-refractivity contribution in [3.63, 3.8) is 0 Å². The molecule has 1 aliphatic heterocycles. The second kappa shape index (κ2) is 10.6. The smallest absolute Gasteiger partial charge is 0.259 e. The molecule has 2 unspecified atom stereocenters. The summed E-state index contributed by atoms with van der Waals surface area (Å²) in [5, 5.41) is 12.1. The SMILES string of the molecule is [3H]CCN[C@@H]1C(C)OC[C@@H]1OP(OCCC#N)N(C(C)C)C(C)C. The van der Waals surface area contributed by atoms with Gasteiger partial charge in [-0.1, -0.05) is 6.90 Å². The monoisotopic (exact) mass is 347 g/mol. The van der Waals surface area contributed by atoms with E-state index in [1.54, 1.807) is 0 Å². The minimum atomic E-state index is -1.27. The van der Waals surface area contributed by atoms with E-state index in [0.717, 1.165) is 0 Å². The maximum atomic E-state index is 8.77. The first-order valence-electron chi connectivity index (χ1n) is 9.02. The fourth-order valence-corrected chi connectivity index (χ4v) is 4.45. The van der Waals surface area contributed by atoms with E-state index in [9.17, 15) is 0 Å². The van der Waals surface area contributed by atoms with Gasteiger partial charge in [-0.05, 0) is 41.2 Å². The largest absolute Gasteiger partial charge is 0.374 e. The maximum absolute atomic E-state index is 8.77. The fraction of sp³-hybridized carbons (Fsp3) is 0.938. The predicted molar refractivity (Wildman–Crippen MR) is 93.0 cm³/mol. The number of likely N-dealkylation sites (N-methyl/N-ethyl adjacent to an activating group) is 1. The molecule has 4 atom stereocenters. The quantitative estimate of drug-likeness (QED) is 0.484.